The molecule has 0 bridgehead atoms. The first-order valence-electron chi connectivity index (χ1n) is 5.64. The lowest BCUT2D eigenvalue weighted by atomic mass is 10.0. The van der Waals surface area contributed by atoms with Crippen molar-refractivity contribution in [3.8, 4) is 0 Å². The quantitative estimate of drug-likeness (QED) is 0.637. The third kappa shape index (κ3) is 2.89. The van der Waals surface area contributed by atoms with E-state index in [2.05, 4.69) is 10.3 Å². The number of nitrogens with two attached hydrogens (primary N) is 2. The predicted molar refractivity (Wildman–Crippen MR) is 74.2 cm³/mol. The minimum absolute atomic E-state index is 0.112. The van der Waals surface area contributed by atoms with Crippen molar-refractivity contribution in [2.24, 2.45) is 5.73 Å². The zero-order valence-corrected chi connectivity index (χ0v) is 10.4. The van der Waals surface area contributed by atoms with Gasteiger partial charge in [0, 0.05) is 29.1 Å². The van der Waals surface area contributed by atoms with Gasteiger partial charge < -0.3 is 11.5 Å². The van der Waals surface area contributed by atoms with Crippen LogP contribution < -0.4 is 16.8 Å². The van der Waals surface area contributed by atoms with Crippen LogP contribution in [0.2, 0.25) is 0 Å². The fourth-order valence-corrected chi connectivity index (χ4v) is 1.65. The van der Waals surface area contributed by atoms with E-state index in [1.807, 2.05) is 0 Å². The number of rotatable bonds is 3. The highest BCUT2D eigenvalue weighted by Gasteiger charge is 2.10. The van der Waals surface area contributed by atoms with Crippen LogP contribution in [-0.2, 0) is 0 Å². The first kappa shape index (κ1) is 13.5. The molecule has 0 aliphatic heterocycles. The van der Waals surface area contributed by atoms with E-state index in [0.29, 0.717) is 11.1 Å². The third-order valence-electron chi connectivity index (χ3n) is 2.59. The number of carbonyl (C=O) groups is 1. The zero-order chi connectivity index (χ0) is 14.7. The van der Waals surface area contributed by atoms with Gasteiger partial charge in [0.2, 0.25) is 0 Å². The smallest absolute Gasteiger partial charge is 0.317 e. The molecule has 0 spiro atoms. The minimum Gasteiger partial charge on any atom is -0.398 e. The number of pyridine rings is 1. The molecule has 0 atom stereocenters. The normalized spacial score (nSPS) is 10.1. The van der Waals surface area contributed by atoms with Gasteiger partial charge in [0.15, 0.2) is 0 Å². The van der Waals surface area contributed by atoms with Crippen LogP contribution in [0.3, 0.4) is 0 Å². The number of aromatic nitrogens is 1. The van der Waals surface area contributed by atoms with E-state index >= 15 is 0 Å². The van der Waals surface area contributed by atoms with Crippen LogP contribution in [0.25, 0.3) is 0 Å². The SMILES string of the molecule is N=C(c1ccc(F)cc1)c1cnc(NC(N)=O)cc1N. The van der Waals surface area contributed by atoms with E-state index in [0.717, 1.165) is 0 Å². The van der Waals surface area contributed by atoms with Gasteiger partial charge in [-0.2, -0.15) is 0 Å². The molecule has 2 amide bonds. The van der Waals surface area contributed by atoms with Gasteiger partial charge in [-0.25, -0.2) is 14.2 Å². The van der Waals surface area contributed by atoms with Crippen LogP contribution in [0.4, 0.5) is 20.7 Å². The number of primary amides is 1. The summed E-state index contributed by atoms with van der Waals surface area (Å²) in [6.45, 7) is 0. The molecule has 20 heavy (non-hydrogen) atoms. The zero-order valence-electron chi connectivity index (χ0n) is 10.4. The molecule has 1 aromatic heterocycles. The summed E-state index contributed by atoms with van der Waals surface area (Å²) in [6, 6.07) is 6.13. The largest absolute Gasteiger partial charge is 0.398 e. The Bertz CT molecular complexity index is 669. The van der Waals surface area contributed by atoms with Crippen LogP contribution in [0, 0.1) is 11.2 Å². The highest BCUT2D eigenvalue weighted by Crippen LogP contribution is 2.19. The maximum atomic E-state index is 12.8. The number of carbonyl (C=O) groups excluding carboxylic acids is 1. The van der Waals surface area contributed by atoms with Crippen molar-refractivity contribution in [1.82, 2.24) is 4.98 Å². The number of halogens is 1. The fourth-order valence-electron chi connectivity index (χ4n) is 1.65. The van der Waals surface area contributed by atoms with Crippen molar-refractivity contribution in [3.63, 3.8) is 0 Å². The maximum absolute atomic E-state index is 12.8. The van der Waals surface area contributed by atoms with Crippen LogP contribution in [-0.4, -0.2) is 16.7 Å². The van der Waals surface area contributed by atoms with Crippen molar-refractivity contribution < 1.29 is 9.18 Å². The van der Waals surface area contributed by atoms with Crippen molar-refractivity contribution in [3.05, 3.63) is 53.5 Å². The molecule has 102 valence electrons. The lowest BCUT2D eigenvalue weighted by Crippen LogP contribution is -2.20. The van der Waals surface area contributed by atoms with E-state index in [9.17, 15) is 9.18 Å². The first-order chi connectivity index (χ1) is 9.47. The molecule has 0 fully saturated rings. The summed E-state index contributed by atoms with van der Waals surface area (Å²) in [5.74, 6) is -0.181. The Hall–Kier alpha value is -2.96. The Morgan fingerprint density at radius 1 is 1.30 bits per heavy atom. The number of urea groups is 1. The number of nitrogens with one attached hydrogen (secondary N) is 2. The van der Waals surface area contributed by atoms with Crippen LogP contribution >= 0.6 is 0 Å². The summed E-state index contributed by atoms with van der Waals surface area (Å²) in [6.07, 6.45) is 1.35. The molecule has 1 heterocycles. The number of nitrogens with zero attached hydrogens (tertiary/aromatic N) is 1. The highest BCUT2D eigenvalue weighted by atomic mass is 19.1. The summed E-state index contributed by atoms with van der Waals surface area (Å²) in [7, 11) is 0. The second kappa shape index (κ2) is 5.35. The van der Waals surface area contributed by atoms with Gasteiger partial charge in [0.05, 0.1) is 5.71 Å². The Kier molecular flexibility index (Phi) is 3.60. The molecule has 2 rings (SSSR count). The highest BCUT2D eigenvalue weighted by molar-refractivity contribution is 6.13. The summed E-state index contributed by atoms with van der Waals surface area (Å²) >= 11 is 0. The Morgan fingerprint density at radius 3 is 2.50 bits per heavy atom. The molecule has 0 aliphatic carbocycles. The molecule has 0 unspecified atom stereocenters. The lowest BCUT2D eigenvalue weighted by molar-refractivity contribution is 0.259. The van der Waals surface area contributed by atoms with Crippen molar-refractivity contribution in [1.29, 1.82) is 5.41 Å². The van der Waals surface area contributed by atoms with E-state index in [1.54, 1.807) is 0 Å². The molecule has 0 saturated heterocycles. The van der Waals surface area contributed by atoms with Crippen molar-refractivity contribution >= 4 is 23.2 Å². The average molecular weight is 273 g/mol. The number of benzene rings is 1. The minimum atomic E-state index is -0.752. The van der Waals surface area contributed by atoms with Crippen LogP contribution in [0.5, 0.6) is 0 Å². The topological polar surface area (TPSA) is 118 Å². The summed E-state index contributed by atoms with van der Waals surface area (Å²) in [4.78, 5) is 14.6. The molecule has 0 saturated carbocycles. The predicted octanol–water partition coefficient (Wildman–Crippen LogP) is 1.71. The Labute approximate surface area is 114 Å². The van der Waals surface area contributed by atoms with Crippen LogP contribution in [0.15, 0.2) is 36.5 Å². The van der Waals surface area contributed by atoms with E-state index in [1.165, 1.54) is 36.5 Å². The van der Waals surface area contributed by atoms with E-state index in [-0.39, 0.29) is 23.0 Å². The number of anilines is 2. The molecular weight excluding hydrogens is 261 g/mol. The average Bonchev–Trinajstić information content (AvgIpc) is 2.38. The summed E-state index contributed by atoms with van der Waals surface area (Å²) < 4.78 is 12.8. The summed E-state index contributed by atoms with van der Waals surface area (Å²) in [5, 5.41) is 10.3. The molecule has 2 aromatic rings. The van der Waals surface area contributed by atoms with Crippen molar-refractivity contribution in [2.45, 2.75) is 0 Å². The first-order valence-corrected chi connectivity index (χ1v) is 5.64. The number of hydrogen-bond donors (Lipinski definition) is 4. The van der Waals surface area contributed by atoms with E-state index in [4.69, 9.17) is 16.9 Å². The van der Waals surface area contributed by atoms with Gasteiger partial charge in [-0.05, 0) is 24.3 Å². The molecule has 6 nitrogen and oxygen atoms in total. The lowest BCUT2D eigenvalue weighted by Gasteiger charge is -2.09. The maximum Gasteiger partial charge on any atom is 0.317 e. The van der Waals surface area contributed by atoms with Gasteiger partial charge in [0.1, 0.15) is 11.6 Å². The number of hydrogen-bond acceptors (Lipinski definition) is 4. The van der Waals surface area contributed by atoms with Gasteiger partial charge >= 0.3 is 6.03 Å². The second-order valence-corrected chi connectivity index (χ2v) is 4.03. The van der Waals surface area contributed by atoms with Gasteiger partial charge in [-0.3, -0.25) is 10.7 Å². The Morgan fingerprint density at radius 2 is 1.95 bits per heavy atom. The molecule has 7 heteroatoms. The number of amides is 2. The molecule has 6 N–H and O–H groups in total. The van der Waals surface area contributed by atoms with Gasteiger partial charge in [0.25, 0.3) is 0 Å². The fraction of sp³-hybridized carbons (Fsp3) is 0. The summed E-state index contributed by atoms with van der Waals surface area (Å²) in [5.41, 5.74) is 12.1. The molecule has 0 aliphatic rings. The third-order valence-corrected chi connectivity index (χ3v) is 2.59. The molecule has 1 aromatic carbocycles. The van der Waals surface area contributed by atoms with Crippen molar-refractivity contribution in [2.75, 3.05) is 11.1 Å². The Balaban J connectivity index is 2.31. The van der Waals surface area contributed by atoms with E-state index < -0.39 is 6.03 Å². The molecular formula is C13H12FN5O. The van der Waals surface area contributed by atoms with Gasteiger partial charge in [-0.1, -0.05) is 0 Å². The monoisotopic (exact) mass is 273 g/mol. The second-order valence-electron chi connectivity index (χ2n) is 4.03. The number of nitrogen functional groups attached to an aromatic ring is 1. The standard InChI is InChI=1S/C13H12FN5O/c14-8-3-1-7(2-4-8)12(16)9-6-18-11(5-10(9)15)19-13(17)20/h1-6,16H,(H5,15,17,18,19,20). The van der Waals surface area contributed by atoms with Gasteiger partial charge in [-0.15, -0.1) is 0 Å². The van der Waals surface area contributed by atoms with Crippen LogP contribution in [0.1, 0.15) is 11.1 Å². The molecule has 0 radical (unpaired) electrons.